The zero-order chi connectivity index (χ0) is 16.4. The van der Waals surface area contributed by atoms with E-state index in [1.54, 1.807) is 12.4 Å². The minimum Gasteiger partial charge on any atom is -0.366 e. The Morgan fingerprint density at radius 1 is 1.08 bits per heavy atom. The summed E-state index contributed by atoms with van der Waals surface area (Å²) >= 11 is 0. The second-order valence-corrected chi connectivity index (χ2v) is 5.98. The molecule has 0 fully saturated rings. The van der Waals surface area contributed by atoms with E-state index in [0.717, 1.165) is 41.3 Å². The molecule has 0 spiro atoms. The van der Waals surface area contributed by atoms with Crippen molar-refractivity contribution in [2.75, 3.05) is 11.4 Å². The van der Waals surface area contributed by atoms with E-state index in [2.05, 4.69) is 14.9 Å². The van der Waals surface area contributed by atoms with Gasteiger partial charge in [0.2, 0.25) is 0 Å². The van der Waals surface area contributed by atoms with Gasteiger partial charge in [-0.3, -0.25) is 9.78 Å². The Kier molecular flexibility index (Phi) is 3.83. The van der Waals surface area contributed by atoms with Gasteiger partial charge < -0.3 is 9.88 Å². The number of hydrogen-bond acceptors (Lipinski definition) is 4. The maximum atomic E-state index is 12.5. The molecular formula is C19H18N4O. The Labute approximate surface area is 140 Å². The molecule has 1 N–H and O–H groups in total. The fraction of sp³-hybridized carbons (Fsp3) is 0.211. The maximum Gasteiger partial charge on any atom is 0.256 e. The molecular weight excluding hydrogens is 300 g/mol. The van der Waals surface area contributed by atoms with Crippen LogP contribution in [0.4, 0.5) is 5.69 Å². The van der Waals surface area contributed by atoms with Crippen molar-refractivity contribution in [2.24, 2.45) is 0 Å². The van der Waals surface area contributed by atoms with Crippen molar-refractivity contribution in [1.82, 2.24) is 15.0 Å². The molecule has 1 aliphatic heterocycles. The van der Waals surface area contributed by atoms with Crippen LogP contribution in [0.15, 0.2) is 59.7 Å². The van der Waals surface area contributed by atoms with Gasteiger partial charge in [0.15, 0.2) is 0 Å². The number of aromatic amines is 1. The average Bonchev–Trinajstić information content (AvgIpc) is 2.63. The van der Waals surface area contributed by atoms with Crippen LogP contribution in [0, 0.1) is 0 Å². The molecule has 3 heterocycles. The van der Waals surface area contributed by atoms with Crippen LogP contribution in [0.2, 0.25) is 0 Å². The van der Waals surface area contributed by atoms with Gasteiger partial charge in [-0.1, -0.05) is 30.3 Å². The molecule has 0 atom stereocenters. The number of nitrogens with zero attached hydrogens (tertiary/aromatic N) is 3. The van der Waals surface area contributed by atoms with Gasteiger partial charge in [-0.2, -0.15) is 0 Å². The molecule has 120 valence electrons. The van der Waals surface area contributed by atoms with Crippen LogP contribution in [0.3, 0.4) is 0 Å². The number of pyridine rings is 1. The summed E-state index contributed by atoms with van der Waals surface area (Å²) in [5, 5.41) is 0. The largest absolute Gasteiger partial charge is 0.366 e. The van der Waals surface area contributed by atoms with Crippen molar-refractivity contribution in [3.05, 3.63) is 87.9 Å². The molecule has 2 aromatic heterocycles. The van der Waals surface area contributed by atoms with E-state index in [-0.39, 0.29) is 5.56 Å². The molecule has 0 saturated carbocycles. The van der Waals surface area contributed by atoms with Crippen LogP contribution in [0.1, 0.15) is 22.6 Å². The Hall–Kier alpha value is -2.95. The minimum absolute atomic E-state index is 0.0234. The van der Waals surface area contributed by atoms with Crippen molar-refractivity contribution in [2.45, 2.75) is 19.4 Å². The molecule has 0 aliphatic carbocycles. The number of H-pyrrole nitrogens is 1. The van der Waals surface area contributed by atoms with Crippen LogP contribution < -0.4 is 10.5 Å². The summed E-state index contributed by atoms with van der Waals surface area (Å²) < 4.78 is 0. The molecule has 0 saturated heterocycles. The molecule has 5 nitrogen and oxygen atoms in total. The van der Waals surface area contributed by atoms with Gasteiger partial charge in [0.1, 0.15) is 5.82 Å². The Bertz CT molecular complexity index is 890. The molecule has 3 aromatic rings. The molecule has 0 amide bonds. The van der Waals surface area contributed by atoms with Crippen LogP contribution in [-0.4, -0.2) is 21.5 Å². The predicted molar refractivity (Wildman–Crippen MR) is 93.1 cm³/mol. The summed E-state index contributed by atoms with van der Waals surface area (Å²) in [6.07, 6.45) is 4.98. The Balaban J connectivity index is 1.60. The normalized spacial score (nSPS) is 13.6. The lowest BCUT2D eigenvalue weighted by atomic mass is 10.1. The van der Waals surface area contributed by atoms with E-state index < -0.39 is 0 Å². The average molecular weight is 318 g/mol. The van der Waals surface area contributed by atoms with E-state index >= 15 is 0 Å². The van der Waals surface area contributed by atoms with Crippen molar-refractivity contribution in [3.8, 4) is 0 Å². The molecule has 0 radical (unpaired) electrons. The summed E-state index contributed by atoms with van der Waals surface area (Å²) in [5.74, 6) is 0.738. The van der Waals surface area contributed by atoms with Crippen molar-refractivity contribution in [3.63, 3.8) is 0 Å². The number of rotatable bonds is 3. The maximum absolute atomic E-state index is 12.5. The SMILES string of the molecule is O=c1[nH]c(Cc2ccccc2)nc2c1CN(c1ccncc1)CC2. The fourth-order valence-corrected chi connectivity index (χ4v) is 3.12. The topological polar surface area (TPSA) is 61.9 Å². The monoisotopic (exact) mass is 318 g/mol. The highest BCUT2D eigenvalue weighted by atomic mass is 16.1. The first-order valence-electron chi connectivity index (χ1n) is 8.09. The third kappa shape index (κ3) is 2.93. The van der Waals surface area contributed by atoms with Crippen molar-refractivity contribution < 1.29 is 0 Å². The van der Waals surface area contributed by atoms with E-state index in [9.17, 15) is 4.79 Å². The highest BCUT2D eigenvalue weighted by molar-refractivity contribution is 5.47. The summed E-state index contributed by atoms with van der Waals surface area (Å²) in [4.78, 5) is 26.4. The van der Waals surface area contributed by atoms with Gasteiger partial charge in [-0.05, 0) is 17.7 Å². The van der Waals surface area contributed by atoms with Gasteiger partial charge in [0.05, 0.1) is 17.8 Å². The second-order valence-electron chi connectivity index (χ2n) is 5.98. The summed E-state index contributed by atoms with van der Waals surface area (Å²) in [7, 11) is 0. The highest BCUT2D eigenvalue weighted by Crippen LogP contribution is 2.21. The number of benzene rings is 1. The molecule has 5 heteroatoms. The lowest BCUT2D eigenvalue weighted by Crippen LogP contribution is -2.36. The third-order valence-electron chi connectivity index (χ3n) is 4.36. The van der Waals surface area contributed by atoms with Crippen LogP contribution in [0.25, 0.3) is 0 Å². The quantitative estimate of drug-likeness (QED) is 0.805. The van der Waals surface area contributed by atoms with Crippen LogP contribution in [-0.2, 0) is 19.4 Å². The smallest absolute Gasteiger partial charge is 0.256 e. The first kappa shape index (κ1) is 14.6. The third-order valence-corrected chi connectivity index (χ3v) is 4.36. The lowest BCUT2D eigenvalue weighted by Gasteiger charge is -2.29. The second kappa shape index (κ2) is 6.28. The fourth-order valence-electron chi connectivity index (χ4n) is 3.12. The zero-order valence-corrected chi connectivity index (χ0v) is 13.3. The van der Waals surface area contributed by atoms with Crippen molar-refractivity contribution >= 4 is 5.69 Å². The Morgan fingerprint density at radius 3 is 2.67 bits per heavy atom. The summed E-state index contributed by atoms with van der Waals surface area (Å²) in [6, 6.07) is 14.0. The highest BCUT2D eigenvalue weighted by Gasteiger charge is 2.21. The minimum atomic E-state index is -0.0234. The summed E-state index contributed by atoms with van der Waals surface area (Å²) in [6.45, 7) is 1.45. The van der Waals surface area contributed by atoms with E-state index in [1.807, 2.05) is 42.5 Å². The zero-order valence-electron chi connectivity index (χ0n) is 13.3. The van der Waals surface area contributed by atoms with E-state index in [0.29, 0.717) is 13.0 Å². The van der Waals surface area contributed by atoms with Crippen LogP contribution in [0.5, 0.6) is 0 Å². The lowest BCUT2D eigenvalue weighted by molar-refractivity contribution is 0.687. The van der Waals surface area contributed by atoms with E-state index in [1.165, 1.54) is 0 Å². The van der Waals surface area contributed by atoms with Gasteiger partial charge in [0.25, 0.3) is 5.56 Å². The number of aromatic nitrogens is 3. The van der Waals surface area contributed by atoms with E-state index in [4.69, 9.17) is 4.98 Å². The first-order chi connectivity index (χ1) is 11.8. The van der Waals surface area contributed by atoms with Gasteiger partial charge >= 0.3 is 0 Å². The number of nitrogens with one attached hydrogen (secondary N) is 1. The number of fused-ring (bicyclic) bond motifs is 1. The predicted octanol–water partition coefficient (Wildman–Crippen LogP) is 2.32. The Morgan fingerprint density at radius 2 is 1.88 bits per heavy atom. The van der Waals surface area contributed by atoms with Gasteiger partial charge in [-0.15, -0.1) is 0 Å². The molecule has 0 bridgehead atoms. The number of hydrogen-bond donors (Lipinski definition) is 1. The summed E-state index contributed by atoms with van der Waals surface area (Å²) in [5.41, 5.74) is 3.91. The molecule has 24 heavy (non-hydrogen) atoms. The molecule has 4 rings (SSSR count). The van der Waals surface area contributed by atoms with Crippen molar-refractivity contribution in [1.29, 1.82) is 0 Å². The van der Waals surface area contributed by atoms with Gasteiger partial charge in [-0.25, -0.2) is 4.98 Å². The molecule has 0 unspecified atom stereocenters. The van der Waals surface area contributed by atoms with Crippen LogP contribution >= 0.6 is 0 Å². The first-order valence-corrected chi connectivity index (χ1v) is 8.09. The number of anilines is 1. The molecule has 1 aliphatic rings. The van der Waals surface area contributed by atoms with Gasteiger partial charge in [0, 0.05) is 37.5 Å². The molecule has 1 aromatic carbocycles. The standard InChI is InChI=1S/C19H18N4O/c24-19-16-13-23(15-6-9-20-10-7-15)11-8-17(16)21-18(22-19)12-14-4-2-1-3-5-14/h1-7,9-10H,8,11-13H2,(H,21,22,24).